The Hall–Kier alpha value is -2.21. The molecule has 23 heavy (non-hydrogen) atoms. The van der Waals surface area contributed by atoms with E-state index in [9.17, 15) is 9.59 Å². The number of carbonyl (C=O) groups is 2. The fourth-order valence-electron chi connectivity index (χ4n) is 2.54. The van der Waals surface area contributed by atoms with E-state index in [0.717, 1.165) is 27.4 Å². The molecule has 122 valence electrons. The summed E-state index contributed by atoms with van der Waals surface area (Å²) in [5.74, 6) is -0.507. The van der Waals surface area contributed by atoms with Gasteiger partial charge in [0.25, 0.3) is 5.91 Å². The number of aromatic nitrogens is 1. The van der Waals surface area contributed by atoms with Crippen LogP contribution in [-0.4, -0.2) is 23.3 Å². The third-order valence-electron chi connectivity index (χ3n) is 3.46. The normalized spacial score (nSPS) is 10.5. The lowest BCUT2D eigenvalue weighted by Crippen LogP contribution is -2.33. The Morgan fingerprint density at radius 2 is 1.70 bits per heavy atom. The van der Waals surface area contributed by atoms with Gasteiger partial charge < -0.3 is 10.6 Å². The van der Waals surface area contributed by atoms with E-state index in [1.807, 2.05) is 39.8 Å². The number of hydrogen-bond donors (Lipinski definition) is 2. The van der Waals surface area contributed by atoms with Gasteiger partial charge in [-0.15, -0.1) is 11.3 Å². The summed E-state index contributed by atoms with van der Waals surface area (Å²) >= 11 is 1.33. The van der Waals surface area contributed by atoms with Gasteiger partial charge in [-0.05, 0) is 45.7 Å². The van der Waals surface area contributed by atoms with E-state index in [-0.39, 0.29) is 18.4 Å². The highest BCUT2D eigenvalue weighted by Crippen LogP contribution is 2.21. The standard InChI is InChI=1S/C17H21N3O2S/c1-9-6-10(2)15(11(3)7-9)20-14(21)8-18-17(22)16-12(4)19-13(5)23-16/h6-7H,8H2,1-5H3,(H,18,22)(H,20,21). The van der Waals surface area contributed by atoms with Crippen molar-refractivity contribution in [3.8, 4) is 0 Å². The first kappa shape index (κ1) is 17.1. The first-order valence-electron chi connectivity index (χ1n) is 7.38. The molecule has 1 heterocycles. The minimum Gasteiger partial charge on any atom is -0.342 e. The van der Waals surface area contributed by atoms with E-state index >= 15 is 0 Å². The zero-order chi connectivity index (χ0) is 17.1. The largest absolute Gasteiger partial charge is 0.342 e. The number of nitrogens with one attached hydrogen (secondary N) is 2. The number of anilines is 1. The van der Waals surface area contributed by atoms with Crippen LogP contribution < -0.4 is 10.6 Å². The Morgan fingerprint density at radius 1 is 1.09 bits per heavy atom. The highest BCUT2D eigenvalue weighted by Gasteiger charge is 2.15. The summed E-state index contributed by atoms with van der Waals surface area (Å²) < 4.78 is 0. The Balaban J connectivity index is 1.98. The Labute approximate surface area is 140 Å². The molecular weight excluding hydrogens is 310 g/mol. The molecule has 6 heteroatoms. The summed E-state index contributed by atoms with van der Waals surface area (Å²) in [6.07, 6.45) is 0. The van der Waals surface area contributed by atoms with Crippen molar-refractivity contribution in [3.05, 3.63) is 44.4 Å². The number of benzene rings is 1. The van der Waals surface area contributed by atoms with Crippen LogP contribution in [0.5, 0.6) is 0 Å². The minimum atomic E-state index is -0.263. The highest BCUT2D eigenvalue weighted by molar-refractivity contribution is 7.13. The summed E-state index contributed by atoms with van der Waals surface area (Å²) in [7, 11) is 0. The maximum Gasteiger partial charge on any atom is 0.263 e. The molecule has 0 saturated heterocycles. The number of rotatable bonds is 4. The Kier molecular flexibility index (Phi) is 5.15. The molecule has 0 atom stereocenters. The molecule has 1 aromatic heterocycles. The van der Waals surface area contributed by atoms with Crippen LogP contribution in [0.1, 0.15) is 37.1 Å². The number of nitrogens with zero attached hydrogens (tertiary/aromatic N) is 1. The molecule has 0 saturated carbocycles. The average Bonchev–Trinajstić information content (AvgIpc) is 2.79. The molecule has 0 aliphatic rings. The third-order valence-corrected chi connectivity index (χ3v) is 4.53. The summed E-state index contributed by atoms with van der Waals surface area (Å²) in [5.41, 5.74) is 4.67. The lowest BCUT2D eigenvalue weighted by Gasteiger charge is -2.13. The van der Waals surface area contributed by atoms with E-state index in [1.54, 1.807) is 6.92 Å². The fourth-order valence-corrected chi connectivity index (χ4v) is 3.38. The summed E-state index contributed by atoms with van der Waals surface area (Å²) in [6, 6.07) is 4.04. The van der Waals surface area contributed by atoms with Crippen molar-refractivity contribution < 1.29 is 9.59 Å². The third kappa shape index (κ3) is 4.16. The summed E-state index contributed by atoms with van der Waals surface area (Å²) in [4.78, 5) is 29.0. The Bertz CT molecular complexity index is 742. The van der Waals surface area contributed by atoms with Crippen molar-refractivity contribution in [1.29, 1.82) is 0 Å². The molecule has 2 N–H and O–H groups in total. The van der Waals surface area contributed by atoms with Crippen molar-refractivity contribution in [2.75, 3.05) is 11.9 Å². The number of amides is 2. The van der Waals surface area contributed by atoms with Crippen LogP contribution in [0.2, 0.25) is 0 Å². The molecule has 0 bridgehead atoms. The molecule has 0 radical (unpaired) electrons. The number of aryl methyl sites for hydroxylation is 5. The van der Waals surface area contributed by atoms with Crippen LogP contribution in [0.25, 0.3) is 0 Å². The predicted molar refractivity (Wildman–Crippen MR) is 93.2 cm³/mol. The maximum absolute atomic E-state index is 12.1. The van der Waals surface area contributed by atoms with Gasteiger partial charge in [0.05, 0.1) is 17.2 Å². The molecule has 2 aromatic rings. The van der Waals surface area contributed by atoms with Crippen molar-refractivity contribution in [2.24, 2.45) is 0 Å². The highest BCUT2D eigenvalue weighted by atomic mass is 32.1. The molecule has 0 unspecified atom stereocenters. The molecule has 2 rings (SSSR count). The van der Waals surface area contributed by atoms with Crippen LogP contribution in [0.3, 0.4) is 0 Å². The van der Waals surface area contributed by atoms with E-state index < -0.39 is 0 Å². The predicted octanol–water partition coefficient (Wildman–Crippen LogP) is 3.05. The molecule has 1 aromatic carbocycles. The van der Waals surface area contributed by atoms with Gasteiger partial charge in [0.15, 0.2) is 0 Å². The molecule has 2 amide bonds. The van der Waals surface area contributed by atoms with Crippen LogP contribution in [0.15, 0.2) is 12.1 Å². The van der Waals surface area contributed by atoms with Gasteiger partial charge in [0.2, 0.25) is 5.91 Å². The van der Waals surface area contributed by atoms with Crippen LogP contribution in [0.4, 0.5) is 5.69 Å². The number of hydrogen-bond acceptors (Lipinski definition) is 4. The van der Waals surface area contributed by atoms with Gasteiger partial charge >= 0.3 is 0 Å². The van der Waals surface area contributed by atoms with E-state index in [4.69, 9.17) is 0 Å². The van der Waals surface area contributed by atoms with Gasteiger partial charge in [-0.2, -0.15) is 0 Å². The van der Waals surface area contributed by atoms with Crippen molar-refractivity contribution >= 4 is 28.8 Å². The second-order valence-electron chi connectivity index (χ2n) is 5.65. The van der Waals surface area contributed by atoms with Gasteiger partial charge in [-0.3, -0.25) is 9.59 Å². The van der Waals surface area contributed by atoms with Gasteiger partial charge in [-0.25, -0.2) is 4.98 Å². The topological polar surface area (TPSA) is 71.1 Å². The maximum atomic E-state index is 12.1. The second-order valence-corrected chi connectivity index (χ2v) is 6.86. The van der Waals surface area contributed by atoms with Crippen molar-refractivity contribution in [1.82, 2.24) is 10.3 Å². The zero-order valence-corrected chi connectivity index (χ0v) is 14.9. The molecular formula is C17H21N3O2S. The lowest BCUT2D eigenvalue weighted by molar-refractivity contribution is -0.115. The van der Waals surface area contributed by atoms with Gasteiger partial charge in [-0.1, -0.05) is 17.7 Å². The van der Waals surface area contributed by atoms with Crippen LogP contribution in [-0.2, 0) is 4.79 Å². The smallest absolute Gasteiger partial charge is 0.263 e. The van der Waals surface area contributed by atoms with E-state index in [2.05, 4.69) is 15.6 Å². The van der Waals surface area contributed by atoms with Crippen molar-refractivity contribution in [3.63, 3.8) is 0 Å². The zero-order valence-electron chi connectivity index (χ0n) is 14.0. The monoisotopic (exact) mass is 331 g/mol. The van der Waals surface area contributed by atoms with E-state index in [1.165, 1.54) is 11.3 Å². The van der Waals surface area contributed by atoms with Crippen LogP contribution >= 0.6 is 11.3 Å². The lowest BCUT2D eigenvalue weighted by atomic mass is 10.1. The molecule has 0 fully saturated rings. The quantitative estimate of drug-likeness (QED) is 0.904. The van der Waals surface area contributed by atoms with Crippen LogP contribution in [0, 0.1) is 34.6 Å². The molecule has 0 spiro atoms. The summed E-state index contributed by atoms with van der Waals surface area (Å²) in [6.45, 7) is 9.50. The van der Waals surface area contributed by atoms with Gasteiger partial charge in [0.1, 0.15) is 4.88 Å². The molecule has 0 aliphatic carbocycles. The second kappa shape index (κ2) is 6.91. The fraction of sp³-hybridized carbons (Fsp3) is 0.353. The average molecular weight is 331 g/mol. The molecule has 5 nitrogen and oxygen atoms in total. The Morgan fingerprint density at radius 3 is 2.22 bits per heavy atom. The summed E-state index contributed by atoms with van der Waals surface area (Å²) in [5, 5.41) is 6.35. The van der Waals surface area contributed by atoms with E-state index in [0.29, 0.717) is 10.6 Å². The first-order valence-corrected chi connectivity index (χ1v) is 8.19. The number of carbonyl (C=O) groups excluding carboxylic acids is 2. The first-order chi connectivity index (χ1) is 10.8. The number of thiazole rings is 1. The van der Waals surface area contributed by atoms with Crippen molar-refractivity contribution in [2.45, 2.75) is 34.6 Å². The minimum absolute atomic E-state index is 0.0675. The van der Waals surface area contributed by atoms with Gasteiger partial charge in [0, 0.05) is 5.69 Å². The molecule has 0 aliphatic heterocycles. The SMILES string of the molecule is Cc1cc(C)c(NC(=O)CNC(=O)c2sc(C)nc2C)c(C)c1.